The number of pyridine rings is 1. The summed E-state index contributed by atoms with van der Waals surface area (Å²) in [5.74, 6) is 0.510. The Balaban J connectivity index is 1.39. The number of rotatable bonds is 3. The molecule has 7 nitrogen and oxygen atoms in total. The second kappa shape index (κ2) is 5.64. The van der Waals surface area contributed by atoms with Gasteiger partial charge in [0, 0.05) is 38.6 Å². The Bertz CT molecular complexity index is 781. The topological polar surface area (TPSA) is 66.3 Å². The zero-order valence-electron chi connectivity index (χ0n) is 13.1. The molecule has 0 aromatic carbocycles. The summed E-state index contributed by atoms with van der Waals surface area (Å²) < 4.78 is 39.5. The number of carbonyl (C=O) groups excluding carboxylic acids is 1. The zero-order valence-corrected chi connectivity index (χ0v) is 13.1. The molecule has 132 valence electrons. The first kappa shape index (κ1) is 15.7. The maximum Gasteiger partial charge on any atom is 0.417 e. The van der Waals surface area contributed by atoms with E-state index in [0.717, 1.165) is 18.0 Å². The molecule has 25 heavy (non-hydrogen) atoms. The van der Waals surface area contributed by atoms with Crippen molar-refractivity contribution in [1.82, 2.24) is 20.1 Å². The summed E-state index contributed by atoms with van der Waals surface area (Å²) in [4.78, 5) is 19.0. The van der Waals surface area contributed by atoms with E-state index in [4.69, 9.17) is 0 Å². The lowest BCUT2D eigenvalue weighted by Crippen LogP contribution is -2.48. The molecule has 0 aliphatic carbocycles. The highest BCUT2D eigenvalue weighted by Crippen LogP contribution is 2.31. The summed E-state index contributed by atoms with van der Waals surface area (Å²) in [6.45, 7) is 2.43. The molecular formula is C15H15F3N6O. The van der Waals surface area contributed by atoms with Crippen LogP contribution in [0.3, 0.4) is 0 Å². The highest BCUT2D eigenvalue weighted by molar-refractivity contribution is 5.93. The number of hydrogen-bond donors (Lipinski definition) is 1. The van der Waals surface area contributed by atoms with Gasteiger partial charge in [-0.2, -0.15) is 18.3 Å². The van der Waals surface area contributed by atoms with E-state index in [-0.39, 0.29) is 12.1 Å². The molecule has 2 amide bonds. The summed E-state index contributed by atoms with van der Waals surface area (Å²) in [5.41, 5.74) is -0.0185. The molecule has 2 fully saturated rings. The summed E-state index contributed by atoms with van der Waals surface area (Å²) in [6.07, 6.45) is -0.0754. The molecule has 1 N–H and O–H groups in total. The minimum Gasteiger partial charge on any atom is -0.352 e. The smallest absolute Gasteiger partial charge is 0.352 e. The molecule has 10 heteroatoms. The van der Waals surface area contributed by atoms with E-state index >= 15 is 0 Å². The van der Waals surface area contributed by atoms with E-state index in [0.29, 0.717) is 32.0 Å². The molecule has 2 saturated heterocycles. The number of amides is 2. The lowest BCUT2D eigenvalue weighted by molar-refractivity contribution is -0.137. The fraction of sp³-hybridized carbons (Fsp3) is 0.400. The maximum atomic E-state index is 12.6. The Morgan fingerprint density at radius 3 is 2.60 bits per heavy atom. The number of anilines is 2. The lowest BCUT2D eigenvalue weighted by atomic mass is 10.1. The standard InChI is InChI=1S/C15H15F3N6O/c16-15(17,18)10-1-2-13(20-5-10)22-7-12(8-22)24-9-11(6-21-24)23-4-3-19-14(23)25/h1-2,5-6,9,12H,3-4,7-8H2,(H,19,25). The fourth-order valence-corrected chi connectivity index (χ4v) is 2.94. The minimum absolute atomic E-state index is 0.100. The van der Waals surface area contributed by atoms with E-state index in [1.165, 1.54) is 6.07 Å². The van der Waals surface area contributed by atoms with Crippen LogP contribution < -0.4 is 15.1 Å². The van der Waals surface area contributed by atoms with Crippen molar-refractivity contribution in [2.24, 2.45) is 0 Å². The van der Waals surface area contributed by atoms with E-state index in [9.17, 15) is 18.0 Å². The van der Waals surface area contributed by atoms with Crippen LogP contribution in [-0.4, -0.2) is 47.0 Å². The molecule has 0 bridgehead atoms. The van der Waals surface area contributed by atoms with E-state index in [1.54, 1.807) is 15.8 Å². The van der Waals surface area contributed by atoms with Crippen molar-refractivity contribution in [3.63, 3.8) is 0 Å². The van der Waals surface area contributed by atoms with Crippen molar-refractivity contribution < 1.29 is 18.0 Å². The van der Waals surface area contributed by atoms with Gasteiger partial charge in [0.25, 0.3) is 0 Å². The Hall–Kier alpha value is -2.78. The largest absolute Gasteiger partial charge is 0.417 e. The number of halogens is 3. The third-order valence-electron chi connectivity index (χ3n) is 4.39. The van der Waals surface area contributed by atoms with E-state index in [1.807, 2.05) is 11.1 Å². The van der Waals surface area contributed by atoms with Crippen LogP contribution in [0.5, 0.6) is 0 Å². The van der Waals surface area contributed by atoms with Crippen LogP contribution in [0.25, 0.3) is 0 Å². The van der Waals surface area contributed by atoms with Gasteiger partial charge < -0.3 is 10.2 Å². The molecule has 2 aromatic rings. The Labute approximate surface area is 141 Å². The van der Waals surface area contributed by atoms with Crippen LogP contribution in [0.15, 0.2) is 30.7 Å². The maximum absolute atomic E-state index is 12.6. The second-order valence-corrected chi connectivity index (χ2v) is 6.02. The van der Waals surface area contributed by atoms with Gasteiger partial charge in [0.05, 0.1) is 23.5 Å². The van der Waals surface area contributed by atoms with Crippen LogP contribution in [-0.2, 0) is 6.18 Å². The average molecular weight is 352 g/mol. The molecule has 2 aromatic heterocycles. The van der Waals surface area contributed by atoms with Gasteiger partial charge in [-0.25, -0.2) is 9.78 Å². The van der Waals surface area contributed by atoms with Crippen LogP contribution in [0.1, 0.15) is 11.6 Å². The predicted molar refractivity (Wildman–Crippen MR) is 83.5 cm³/mol. The van der Waals surface area contributed by atoms with Gasteiger partial charge in [-0.05, 0) is 12.1 Å². The number of hydrogen-bond acceptors (Lipinski definition) is 4. The molecular weight excluding hydrogens is 337 g/mol. The summed E-state index contributed by atoms with van der Waals surface area (Å²) in [6, 6.07) is 2.38. The molecule has 4 heterocycles. The van der Waals surface area contributed by atoms with E-state index < -0.39 is 11.7 Å². The summed E-state index contributed by atoms with van der Waals surface area (Å²) in [5, 5.41) is 7.02. The predicted octanol–water partition coefficient (Wildman–Crippen LogP) is 1.89. The number of nitrogens with zero attached hydrogens (tertiary/aromatic N) is 5. The van der Waals surface area contributed by atoms with Crippen molar-refractivity contribution in [2.45, 2.75) is 12.2 Å². The number of carbonyl (C=O) groups is 1. The fourth-order valence-electron chi connectivity index (χ4n) is 2.94. The van der Waals surface area contributed by atoms with Gasteiger partial charge in [0.1, 0.15) is 5.82 Å². The lowest BCUT2D eigenvalue weighted by Gasteiger charge is -2.40. The summed E-state index contributed by atoms with van der Waals surface area (Å²) >= 11 is 0. The third-order valence-corrected chi connectivity index (χ3v) is 4.39. The van der Waals surface area contributed by atoms with Crippen molar-refractivity contribution >= 4 is 17.5 Å². The molecule has 4 rings (SSSR count). The van der Waals surface area contributed by atoms with Crippen LogP contribution >= 0.6 is 0 Å². The normalized spacial score (nSPS) is 18.4. The minimum atomic E-state index is -4.38. The Morgan fingerprint density at radius 2 is 2.00 bits per heavy atom. The van der Waals surface area contributed by atoms with Crippen LogP contribution in [0, 0.1) is 0 Å². The van der Waals surface area contributed by atoms with Crippen molar-refractivity contribution in [3.8, 4) is 0 Å². The van der Waals surface area contributed by atoms with Gasteiger partial charge in [-0.1, -0.05) is 0 Å². The molecule has 0 unspecified atom stereocenters. The molecule has 0 saturated carbocycles. The zero-order chi connectivity index (χ0) is 17.6. The van der Waals surface area contributed by atoms with Gasteiger partial charge >= 0.3 is 12.2 Å². The van der Waals surface area contributed by atoms with Crippen molar-refractivity contribution in [3.05, 3.63) is 36.3 Å². The quantitative estimate of drug-likeness (QED) is 0.916. The first-order chi connectivity index (χ1) is 11.9. The van der Waals surface area contributed by atoms with Gasteiger partial charge in [-0.3, -0.25) is 9.58 Å². The SMILES string of the molecule is O=C1NCCN1c1cnn(C2CN(c3ccc(C(F)(F)F)cn3)C2)c1. The number of aromatic nitrogens is 3. The number of alkyl halides is 3. The van der Waals surface area contributed by atoms with Crippen LogP contribution in [0.4, 0.5) is 29.5 Å². The van der Waals surface area contributed by atoms with E-state index in [2.05, 4.69) is 15.4 Å². The third kappa shape index (κ3) is 2.87. The van der Waals surface area contributed by atoms with Crippen molar-refractivity contribution in [1.29, 1.82) is 0 Å². The highest BCUT2D eigenvalue weighted by atomic mass is 19.4. The van der Waals surface area contributed by atoms with Gasteiger partial charge in [0.15, 0.2) is 0 Å². The van der Waals surface area contributed by atoms with Crippen LogP contribution in [0.2, 0.25) is 0 Å². The van der Waals surface area contributed by atoms with Gasteiger partial charge in [-0.15, -0.1) is 0 Å². The Kier molecular flexibility index (Phi) is 3.55. The first-order valence-electron chi connectivity index (χ1n) is 7.79. The van der Waals surface area contributed by atoms with Crippen molar-refractivity contribution in [2.75, 3.05) is 36.0 Å². The monoisotopic (exact) mass is 352 g/mol. The molecule has 0 radical (unpaired) electrons. The first-order valence-corrected chi connectivity index (χ1v) is 7.79. The second-order valence-electron chi connectivity index (χ2n) is 6.02. The average Bonchev–Trinajstić information content (AvgIpc) is 3.14. The molecule has 2 aliphatic rings. The van der Waals surface area contributed by atoms with Gasteiger partial charge in [0.2, 0.25) is 0 Å². The molecule has 2 aliphatic heterocycles. The molecule has 0 spiro atoms. The summed E-state index contributed by atoms with van der Waals surface area (Å²) in [7, 11) is 0. The highest BCUT2D eigenvalue weighted by Gasteiger charge is 2.33. The molecule has 0 atom stereocenters. The Morgan fingerprint density at radius 1 is 1.20 bits per heavy atom. The number of nitrogens with one attached hydrogen (secondary N) is 1. The number of urea groups is 1.